The fraction of sp³-hybridized carbons (Fsp3) is 0.208. The van der Waals surface area contributed by atoms with Gasteiger partial charge in [-0.05, 0) is 49.7 Å². The molecule has 2 aromatic heterocycles. The van der Waals surface area contributed by atoms with Gasteiger partial charge in [0.15, 0.2) is 0 Å². The van der Waals surface area contributed by atoms with Crippen LogP contribution < -0.4 is 0 Å². The van der Waals surface area contributed by atoms with Gasteiger partial charge in [-0.2, -0.15) is 10.2 Å². The Morgan fingerprint density at radius 1 is 1.00 bits per heavy atom. The highest BCUT2D eigenvalue weighted by Crippen LogP contribution is 2.14. The second kappa shape index (κ2) is 8.37. The van der Waals surface area contributed by atoms with Gasteiger partial charge in [-0.1, -0.05) is 30.3 Å². The molecule has 0 saturated heterocycles. The summed E-state index contributed by atoms with van der Waals surface area (Å²) >= 11 is 0. The van der Waals surface area contributed by atoms with Crippen molar-refractivity contribution >= 4 is 5.91 Å². The van der Waals surface area contributed by atoms with Crippen LogP contribution in [0.3, 0.4) is 0 Å². The number of aryl methyl sites for hydroxylation is 2. The third-order valence-electron chi connectivity index (χ3n) is 5.03. The molecule has 1 amide bonds. The summed E-state index contributed by atoms with van der Waals surface area (Å²) < 4.78 is 3.78. The van der Waals surface area contributed by atoms with E-state index < -0.39 is 0 Å². The third kappa shape index (κ3) is 4.33. The lowest BCUT2D eigenvalue weighted by atomic mass is 10.1. The highest BCUT2D eigenvalue weighted by atomic mass is 16.2. The smallest absolute Gasteiger partial charge is 0.253 e. The van der Waals surface area contributed by atoms with Crippen LogP contribution in [0.5, 0.6) is 0 Å². The molecule has 0 unspecified atom stereocenters. The normalized spacial score (nSPS) is 10.9. The van der Waals surface area contributed by atoms with Gasteiger partial charge in [0.05, 0.1) is 24.1 Å². The Balaban J connectivity index is 1.45. The van der Waals surface area contributed by atoms with E-state index in [-0.39, 0.29) is 5.91 Å². The summed E-state index contributed by atoms with van der Waals surface area (Å²) in [5.41, 5.74) is 5.81. The first-order valence-electron chi connectivity index (χ1n) is 9.94. The van der Waals surface area contributed by atoms with E-state index in [4.69, 9.17) is 0 Å². The topological polar surface area (TPSA) is 56.0 Å². The Kier molecular flexibility index (Phi) is 5.48. The zero-order chi connectivity index (χ0) is 21.1. The van der Waals surface area contributed by atoms with Crippen molar-refractivity contribution in [3.63, 3.8) is 0 Å². The molecule has 4 rings (SSSR count). The first-order chi connectivity index (χ1) is 14.5. The van der Waals surface area contributed by atoms with Crippen LogP contribution in [0.2, 0.25) is 0 Å². The van der Waals surface area contributed by atoms with E-state index in [1.54, 1.807) is 11.1 Å². The molecular formula is C24H25N5O. The molecule has 0 bridgehead atoms. The lowest BCUT2D eigenvalue weighted by molar-refractivity contribution is 0.0785. The van der Waals surface area contributed by atoms with Gasteiger partial charge in [-0.15, -0.1) is 0 Å². The quantitative estimate of drug-likeness (QED) is 0.492. The zero-order valence-corrected chi connectivity index (χ0v) is 17.5. The number of rotatable bonds is 6. The lowest BCUT2D eigenvalue weighted by Crippen LogP contribution is -2.26. The molecule has 0 saturated carbocycles. The van der Waals surface area contributed by atoms with E-state index in [9.17, 15) is 4.79 Å². The van der Waals surface area contributed by atoms with Crippen molar-refractivity contribution in [3.05, 3.63) is 101 Å². The lowest BCUT2D eigenvalue weighted by Gasteiger charge is -2.17. The van der Waals surface area contributed by atoms with Crippen LogP contribution in [0.25, 0.3) is 5.69 Å². The number of hydrogen-bond acceptors (Lipinski definition) is 3. The van der Waals surface area contributed by atoms with Crippen molar-refractivity contribution in [2.24, 2.45) is 0 Å². The second-order valence-corrected chi connectivity index (χ2v) is 7.58. The van der Waals surface area contributed by atoms with E-state index in [0.29, 0.717) is 18.7 Å². The molecule has 2 aromatic carbocycles. The molecular weight excluding hydrogens is 374 g/mol. The molecule has 0 radical (unpaired) electrons. The Hall–Kier alpha value is -3.67. The van der Waals surface area contributed by atoms with Gasteiger partial charge < -0.3 is 4.90 Å². The minimum Gasteiger partial charge on any atom is -0.337 e. The van der Waals surface area contributed by atoms with E-state index in [2.05, 4.69) is 16.3 Å². The molecule has 6 nitrogen and oxygen atoms in total. The summed E-state index contributed by atoms with van der Waals surface area (Å²) in [5.74, 6) is -0.0160. The fourth-order valence-corrected chi connectivity index (χ4v) is 3.54. The molecule has 0 fully saturated rings. The summed E-state index contributed by atoms with van der Waals surface area (Å²) in [5, 5.41) is 8.92. The minimum atomic E-state index is -0.0160. The van der Waals surface area contributed by atoms with Crippen molar-refractivity contribution in [1.82, 2.24) is 24.5 Å². The van der Waals surface area contributed by atoms with Gasteiger partial charge in [-0.3, -0.25) is 9.48 Å². The SMILES string of the molecule is Cc1cc(C)n(Cc2cccc(C(=O)N(C)Cc3cnn(-c4ccccc4)c3)c2)n1. The van der Waals surface area contributed by atoms with Crippen LogP contribution in [0.15, 0.2) is 73.1 Å². The summed E-state index contributed by atoms with van der Waals surface area (Å²) in [6.07, 6.45) is 3.76. The zero-order valence-electron chi connectivity index (χ0n) is 17.5. The molecule has 2 heterocycles. The van der Waals surface area contributed by atoms with E-state index in [1.807, 2.05) is 91.1 Å². The largest absolute Gasteiger partial charge is 0.337 e. The minimum absolute atomic E-state index is 0.0160. The number of benzene rings is 2. The maximum absolute atomic E-state index is 13.0. The molecule has 6 heteroatoms. The van der Waals surface area contributed by atoms with Crippen LogP contribution in [0.4, 0.5) is 0 Å². The predicted molar refractivity (Wildman–Crippen MR) is 117 cm³/mol. The Labute approximate surface area is 176 Å². The maximum Gasteiger partial charge on any atom is 0.253 e. The Morgan fingerprint density at radius 2 is 1.80 bits per heavy atom. The van der Waals surface area contributed by atoms with Gasteiger partial charge >= 0.3 is 0 Å². The van der Waals surface area contributed by atoms with E-state index >= 15 is 0 Å². The molecule has 0 aliphatic carbocycles. The average Bonchev–Trinajstić information content (AvgIpc) is 3.34. The summed E-state index contributed by atoms with van der Waals surface area (Å²) in [6, 6.07) is 19.7. The predicted octanol–water partition coefficient (Wildman–Crippen LogP) is 4.01. The number of para-hydroxylation sites is 1. The van der Waals surface area contributed by atoms with Crippen LogP contribution in [-0.2, 0) is 13.1 Å². The molecule has 30 heavy (non-hydrogen) atoms. The summed E-state index contributed by atoms with van der Waals surface area (Å²) in [4.78, 5) is 14.7. The first kappa shape index (κ1) is 19.6. The van der Waals surface area contributed by atoms with Crippen molar-refractivity contribution in [3.8, 4) is 5.69 Å². The maximum atomic E-state index is 13.0. The van der Waals surface area contributed by atoms with Crippen molar-refractivity contribution < 1.29 is 4.79 Å². The van der Waals surface area contributed by atoms with Gasteiger partial charge in [0.1, 0.15) is 0 Å². The second-order valence-electron chi connectivity index (χ2n) is 7.58. The molecule has 4 aromatic rings. The number of carbonyl (C=O) groups is 1. The third-order valence-corrected chi connectivity index (χ3v) is 5.03. The number of nitrogens with zero attached hydrogens (tertiary/aromatic N) is 5. The van der Waals surface area contributed by atoms with Gasteiger partial charge in [0, 0.05) is 36.6 Å². The van der Waals surface area contributed by atoms with Gasteiger partial charge in [0.2, 0.25) is 0 Å². The van der Waals surface area contributed by atoms with Crippen molar-refractivity contribution in [2.75, 3.05) is 7.05 Å². The van der Waals surface area contributed by atoms with Gasteiger partial charge in [-0.25, -0.2) is 4.68 Å². The number of hydrogen-bond donors (Lipinski definition) is 0. The first-order valence-corrected chi connectivity index (χ1v) is 9.94. The number of amides is 1. The van der Waals surface area contributed by atoms with Crippen molar-refractivity contribution in [1.29, 1.82) is 0 Å². The standard InChI is InChI=1S/C24H25N5O/c1-18-12-19(2)28(26-18)16-20-8-7-9-22(13-20)24(30)27(3)15-21-14-25-29(17-21)23-10-5-4-6-11-23/h4-14,17H,15-16H2,1-3H3. The molecule has 0 spiro atoms. The Morgan fingerprint density at radius 3 is 2.53 bits per heavy atom. The van der Waals surface area contributed by atoms with Crippen molar-refractivity contribution in [2.45, 2.75) is 26.9 Å². The van der Waals surface area contributed by atoms with E-state index in [1.165, 1.54) is 0 Å². The van der Waals surface area contributed by atoms with Crippen LogP contribution in [0, 0.1) is 13.8 Å². The number of carbonyl (C=O) groups excluding carboxylic acids is 1. The Bertz CT molecular complexity index is 1160. The van der Waals surface area contributed by atoms with Crippen LogP contribution in [-0.4, -0.2) is 37.4 Å². The van der Waals surface area contributed by atoms with Crippen LogP contribution in [0.1, 0.15) is 32.9 Å². The average molecular weight is 399 g/mol. The molecule has 152 valence electrons. The van der Waals surface area contributed by atoms with Crippen LogP contribution >= 0.6 is 0 Å². The highest BCUT2D eigenvalue weighted by Gasteiger charge is 2.14. The van der Waals surface area contributed by atoms with E-state index in [0.717, 1.165) is 28.2 Å². The summed E-state index contributed by atoms with van der Waals surface area (Å²) in [6.45, 7) is 5.17. The monoisotopic (exact) mass is 399 g/mol. The molecule has 0 atom stereocenters. The molecule has 0 N–H and O–H groups in total. The van der Waals surface area contributed by atoms with Gasteiger partial charge in [0.25, 0.3) is 5.91 Å². The molecule has 0 aliphatic rings. The molecule has 0 aliphatic heterocycles. The number of aromatic nitrogens is 4. The highest BCUT2D eigenvalue weighted by molar-refractivity contribution is 5.94. The summed E-state index contributed by atoms with van der Waals surface area (Å²) in [7, 11) is 1.82. The fourth-order valence-electron chi connectivity index (χ4n) is 3.54.